The summed E-state index contributed by atoms with van der Waals surface area (Å²) < 4.78 is 27.1. The first-order chi connectivity index (χ1) is 21.2. The molecule has 1 saturated carbocycles. The number of alkyl halides is 2. The monoisotopic (exact) mass is 627 g/mol. The molecule has 2 fully saturated rings. The number of hydrogen-bond donors (Lipinski definition) is 3. The number of rotatable bonds is 11. The average Bonchev–Trinajstić information content (AvgIpc) is 3.59. The molecule has 10 nitrogen and oxygen atoms in total. The SMILES string of the molecule is CC[C@H](C)NC(=O)C(=O)C(CC(F)F)NC(=O)[C@@H]1[C@@H]2CCC[C@@H]2CN1C(=O)[C@@H](NC(=O)c1ccnc2ccccc12)C(C)(C)C. The third-order valence-corrected chi connectivity index (χ3v) is 8.98. The molecular formula is C33H43F2N5O5. The lowest BCUT2D eigenvalue weighted by Gasteiger charge is -2.36. The van der Waals surface area contributed by atoms with Crippen molar-refractivity contribution in [3.05, 3.63) is 42.1 Å². The van der Waals surface area contributed by atoms with Gasteiger partial charge in [0, 0.05) is 30.6 Å². The quantitative estimate of drug-likeness (QED) is 0.326. The van der Waals surface area contributed by atoms with Gasteiger partial charge in [0.15, 0.2) is 0 Å². The molecule has 2 aromatic rings. The number of amides is 4. The largest absolute Gasteiger partial charge is 0.347 e. The highest BCUT2D eigenvalue weighted by Gasteiger charge is 2.52. The Hall–Kier alpha value is -3.96. The van der Waals surface area contributed by atoms with Crippen LogP contribution in [0.25, 0.3) is 10.9 Å². The number of hydrogen-bond acceptors (Lipinski definition) is 6. The maximum Gasteiger partial charge on any atom is 0.289 e. The molecular weight excluding hydrogens is 584 g/mol. The van der Waals surface area contributed by atoms with E-state index in [1.807, 2.05) is 6.07 Å². The van der Waals surface area contributed by atoms with Gasteiger partial charge in [0.05, 0.1) is 11.1 Å². The van der Waals surface area contributed by atoms with E-state index in [4.69, 9.17) is 0 Å². The summed E-state index contributed by atoms with van der Waals surface area (Å²) in [4.78, 5) is 72.9. The Morgan fingerprint density at radius 3 is 2.40 bits per heavy atom. The normalized spacial score (nSPS) is 21.6. The molecule has 3 N–H and O–H groups in total. The molecule has 1 unspecified atom stereocenters. The van der Waals surface area contributed by atoms with Crippen LogP contribution >= 0.6 is 0 Å². The summed E-state index contributed by atoms with van der Waals surface area (Å²) in [5, 5.41) is 8.40. The Morgan fingerprint density at radius 2 is 1.73 bits per heavy atom. The van der Waals surface area contributed by atoms with Crippen LogP contribution in [0.3, 0.4) is 0 Å². The predicted molar refractivity (Wildman–Crippen MR) is 164 cm³/mol. The summed E-state index contributed by atoms with van der Waals surface area (Å²) in [6.07, 6.45) is 0.319. The van der Waals surface area contributed by atoms with Gasteiger partial charge >= 0.3 is 0 Å². The lowest BCUT2D eigenvalue weighted by molar-refractivity contribution is -0.145. The van der Waals surface area contributed by atoms with E-state index in [0.29, 0.717) is 29.3 Å². The minimum absolute atomic E-state index is 0.00288. The standard InChI is InChI=1S/C33H43F2N5O5/c1-6-18(2)37-31(44)27(41)24(16-25(34)35)38-30(43)26-20-12-9-10-19(20)17-40(26)32(45)28(33(3,4)5)39-29(42)22-14-15-36-23-13-8-7-11-21(22)23/h7-8,11,13-15,18-20,24-26,28H,6,9-10,12,16-17H2,1-5H3,(H,37,44)(H,38,43)(H,39,42)/t18-,19+,20+,24?,26-,28+/m0/s1. The number of para-hydroxylation sites is 1. The van der Waals surface area contributed by atoms with E-state index in [0.717, 1.165) is 12.8 Å². The third-order valence-electron chi connectivity index (χ3n) is 8.98. The van der Waals surface area contributed by atoms with Crippen molar-refractivity contribution in [2.24, 2.45) is 17.3 Å². The topological polar surface area (TPSA) is 138 Å². The van der Waals surface area contributed by atoms with Crippen LogP contribution in [0.5, 0.6) is 0 Å². The van der Waals surface area contributed by atoms with Crippen LogP contribution < -0.4 is 16.0 Å². The van der Waals surface area contributed by atoms with Crippen molar-refractivity contribution in [3.8, 4) is 0 Å². The fourth-order valence-corrected chi connectivity index (χ4v) is 6.41. The molecule has 1 saturated heterocycles. The summed E-state index contributed by atoms with van der Waals surface area (Å²) in [5.74, 6) is -4.16. The van der Waals surface area contributed by atoms with Crippen LogP contribution in [-0.2, 0) is 19.2 Å². The third kappa shape index (κ3) is 7.65. The molecule has 0 spiro atoms. The second-order valence-corrected chi connectivity index (χ2v) is 13.3. The molecule has 0 radical (unpaired) electrons. The van der Waals surface area contributed by atoms with Crippen molar-refractivity contribution in [1.82, 2.24) is 25.8 Å². The zero-order chi connectivity index (χ0) is 33.1. The second kappa shape index (κ2) is 14.0. The van der Waals surface area contributed by atoms with Crippen LogP contribution in [0.15, 0.2) is 36.5 Å². The van der Waals surface area contributed by atoms with Crippen LogP contribution in [0.2, 0.25) is 0 Å². The Balaban J connectivity index is 1.60. The number of nitrogens with one attached hydrogen (secondary N) is 3. The number of carbonyl (C=O) groups is 5. The maximum absolute atomic E-state index is 14.3. The molecule has 1 aromatic heterocycles. The Labute approximate surface area is 262 Å². The molecule has 244 valence electrons. The average molecular weight is 628 g/mol. The zero-order valence-electron chi connectivity index (χ0n) is 26.4. The Kier molecular flexibility index (Phi) is 10.5. The number of likely N-dealkylation sites (tertiary alicyclic amines) is 1. The van der Waals surface area contributed by atoms with Crippen molar-refractivity contribution >= 4 is 40.3 Å². The highest BCUT2D eigenvalue weighted by Crippen LogP contribution is 2.43. The number of pyridine rings is 1. The number of aromatic nitrogens is 1. The first-order valence-electron chi connectivity index (χ1n) is 15.6. The molecule has 4 rings (SSSR count). The summed E-state index contributed by atoms with van der Waals surface area (Å²) in [6, 6.07) is 4.54. The Morgan fingerprint density at radius 1 is 1.02 bits per heavy atom. The number of carbonyl (C=O) groups excluding carboxylic acids is 5. The number of benzene rings is 1. The lowest BCUT2D eigenvalue weighted by atomic mass is 9.85. The van der Waals surface area contributed by atoms with E-state index in [2.05, 4.69) is 20.9 Å². The minimum atomic E-state index is -2.96. The van der Waals surface area contributed by atoms with Gasteiger partial charge in [-0.25, -0.2) is 8.78 Å². The van der Waals surface area contributed by atoms with E-state index in [1.54, 1.807) is 58.9 Å². The molecule has 1 aliphatic carbocycles. The van der Waals surface area contributed by atoms with E-state index >= 15 is 0 Å². The Bertz CT molecular complexity index is 1440. The van der Waals surface area contributed by atoms with Crippen LogP contribution in [-0.4, -0.2) is 76.4 Å². The lowest BCUT2D eigenvalue weighted by Crippen LogP contribution is -2.60. The summed E-state index contributed by atoms with van der Waals surface area (Å²) >= 11 is 0. The van der Waals surface area contributed by atoms with Crippen molar-refractivity contribution in [3.63, 3.8) is 0 Å². The summed E-state index contributed by atoms with van der Waals surface area (Å²) in [6.45, 7) is 9.14. The second-order valence-electron chi connectivity index (χ2n) is 13.3. The molecule has 45 heavy (non-hydrogen) atoms. The van der Waals surface area contributed by atoms with E-state index in [1.165, 1.54) is 11.1 Å². The van der Waals surface area contributed by atoms with Gasteiger partial charge in [-0.2, -0.15) is 0 Å². The number of fused-ring (bicyclic) bond motifs is 2. The molecule has 4 amide bonds. The highest BCUT2D eigenvalue weighted by atomic mass is 19.3. The maximum atomic E-state index is 14.3. The zero-order valence-corrected chi connectivity index (χ0v) is 26.4. The summed E-state index contributed by atoms with van der Waals surface area (Å²) in [5.41, 5.74) is 0.203. The molecule has 6 atom stereocenters. The summed E-state index contributed by atoms with van der Waals surface area (Å²) in [7, 11) is 0. The van der Waals surface area contributed by atoms with Crippen molar-refractivity contribution < 1.29 is 32.8 Å². The van der Waals surface area contributed by atoms with Gasteiger partial charge in [-0.05, 0) is 55.6 Å². The molecule has 1 aliphatic heterocycles. The predicted octanol–water partition coefficient (Wildman–Crippen LogP) is 3.63. The number of nitrogens with zero attached hydrogens (tertiary/aromatic N) is 2. The number of halogens is 2. The van der Waals surface area contributed by atoms with Gasteiger partial charge in [0.2, 0.25) is 24.0 Å². The fourth-order valence-electron chi connectivity index (χ4n) is 6.41. The van der Waals surface area contributed by atoms with Gasteiger partial charge in [0.1, 0.15) is 18.1 Å². The van der Waals surface area contributed by atoms with Gasteiger partial charge in [-0.15, -0.1) is 0 Å². The highest BCUT2D eigenvalue weighted by molar-refractivity contribution is 6.38. The molecule has 0 bridgehead atoms. The van der Waals surface area contributed by atoms with Gasteiger partial charge in [0.25, 0.3) is 11.8 Å². The van der Waals surface area contributed by atoms with E-state index < -0.39 is 65.8 Å². The molecule has 2 aliphatic rings. The van der Waals surface area contributed by atoms with Crippen LogP contribution in [0.1, 0.15) is 77.1 Å². The van der Waals surface area contributed by atoms with Gasteiger partial charge in [-0.3, -0.25) is 29.0 Å². The molecule has 2 heterocycles. The number of ketones is 1. The minimum Gasteiger partial charge on any atom is -0.347 e. The smallest absolute Gasteiger partial charge is 0.289 e. The van der Waals surface area contributed by atoms with Crippen LogP contribution in [0.4, 0.5) is 8.78 Å². The molecule has 1 aromatic carbocycles. The van der Waals surface area contributed by atoms with Crippen molar-refractivity contribution in [1.29, 1.82) is 0 Å². The van der Waals surface area contributed by atoms with Crippen molar-refractivity contribution in [2.45, 2.75) is 97.3 Å². The van der Waals surface area contributed by atoms with E-state index in [-0.39, 0.29) is 24.4 Å². The van der Waals surface area contributed by atoms with Crippen LogP contribution in [0, 0.1) is 17.3 Å². The first kappa shape index (κ1) is 33.9. The fraction of sp³-hybridized carbons (Fsp3) is 0.576. The van der Waals surface area contributed by atoms with Gasteiger partial charge in [-0.1, -0.05) is 52.3 Å². The molecule has 12 heteroatoms. The first-order valence-corrected chi connectivity index (χ1v) is 15.6. The van der Waals surface area contributed by atoms with Gasteiger partial charge < -0.3 is 20.9 Å². The van der Waals surface area contributed by atoms with E-state index in [9.17, 15) is 32.8 Å². The number of Topliss-reactive ketones (excluding diaryl/α,β-unsaturated/α-hetero) is 1. The van der Waals surface area contributed by atoms with Crippen molar-refractivity contribution in [2.75, 3.05) is 6.54 Å².